The van der Waals surface area contributed by atoms with E-state index in [1.165, 1.54) is 7.11 Å². The van der Waals surface area contributed by atoms with Gasteiger partial charge >= 0.3 is 5.97 Å². The molecule has 8 nitrogen and oxygen atoms in total. The molecule has 0 aliphatic heterocycles. The summed E-state index contributed by atoms with van der Waals surface area (Å²) < 4.78 is 32.6. The third-order valence-electron chi connectivity index (χ3n) is 2.35. The van der Waals surface area contributed by atoms with E-state index in [-0.39, 0.29) is 22.9 Å². The summed E-state index contributed by atoms with van der Waals surface area (Å²) in [6.45, 7) is 2.27. The van der Waals surface area contributed by atoms with Crippen molar-refractivity contribution in [2.24, 2.45) is 5.14 Å². The Hall–Kier alpha value is -1.45. The molecule has 0 amide bonds. The van der Waals surface area contributed by atoms with E-state index in [9.17, 15) is 13.2 Å². The first kappa shape index (κ1) is 15.6. The lowest BCUT2D eigenvalue weighted by molar-refractivity contribution is 0.0457. The quantitative estimate of drug-likeness (QED) is 0.530. The minimum absolute atomic E-state index is 0.116. The second-order valence-corrected chi connectivity index (χ2v) is 5.26. The van der Waals surface area contributed by atoms with Gasteiger partial charge in [0.2, 0.25) is 10.0 Å². The smallest absolute Gasteiger partial charge is 0.360 e. The van der Waals surface area contributed by atoms with Crippen LogP contribution < -0.4 is 5.14 Å². The summed E-state index contributed by atoms with van der Waals surface area (Å²) in [5, 5.41) is 11.2. The number of aromatic amines is 1. The third-order valence-corrected chi connectivity index (χ3v) is 3.36. The zero-order valence-corrected chi connectivity index (χ0v) is 11.6. The molecule has 1 aromatic heterocycles. The van der Waals surface area contributed by atoms with Crippen LogP contribution in [0.2, 0.25) is 0 Å². The molecule has 1 rings (SSSR count). The van der Waals surface area contributed by atoms with Crippen molar-refractivity contribution < 1.29 is 22.7 Å². The zero-order chi connectivity index (χ0) is 14.5. The van der Waals surface area contributed by atoms with Crippen LogP contribution in [0.1, 0.15) is 29.5 Å². The molecule has 108 valence electrons. The minimum atomic E-state index is -4.03. The summed E-state index contributed by atoms with van der Waals surface area (Å²) >= 11 is 0. The van der Waals surface area contributed by atoms with E-state index < -0.39 is 16.0 Å². The fraction of sp³-hybridized carbons (Fsp3) is 0.600. The average Bonchev–Trinajstić information content (AvgIpc) is 2.78. The second-order valence-electron chi connectivity index (χ2n) is 3.76. The number of H-pyrrole nitrogens is 1. The normalized spacial score (nSPS) is 11.5. The first-order valence-corrected chi connectivity index (χ1v) is 7.22. The van der Waals surface area contributed by atoms with Gasteiger partial charge in [-0.15, -0.1) is 0 Å². The van der Waals surface area contributed by atoms with Crippen LogP contribution in [-0.4, -0.2) is 44.9 Å². The molecule has 0 fully saturated rings. The van der Waals surface area contributed by atoms with Gasteiger partial charge < -0.3 is 9.47 Å². The van der Waals surface area contributed by atoms with Crippen LogP contribution in [0.4, 0.5) is 0 Å². The predicted octanol–water partition coefficient (Wildman–Crippen LogP) is -0.187. The van der Waals surface area contributed by atoms with Crippen LogP contribution in [0.15, 0.2) is 4.90 Å². The standard InChI is InChI=1S/C10H17N3O5S/c1-3-7-9(19(11,15)16)8(13-12-7)10(14)18-6-4-5-17-2/h3-6H2,1-2H3,(H,12,13)(H2,11,15,16). The molecule has 0 spiro atoms. The molecule has 3 N–H and O–H groups in total. The lowest BCUT2D eigenvalue weighted by atomic mass is 10.3. The minimum Gasteiger partial charge on any atom is -0.461 e. The Morgan fingerprint density at radius 3 is 2.63 bits per heavy atom. The van der Waals surface area contributed by atoms with Gasteiger partial charge in [-0.1, -0.05) is 6.92 Å². The van der Waals surface area contributed by atoms with Crippen LogP contribution in [0.3, 0.4) is 0 Å². The number of nitrogens with one attached hydrogen (secondary N) is 1. The molecule has 0 bridgehead atoms. The topological polar surface area (TPSA) is 124 Å². The summed E-state index contributed by atoms with van der Waals surface area (Å²) in [6.07, 6.45) is 0.869. The number of carbonyl (C=O) groups is 1. The maximum Gasteiger partial charge on any atom is 0.360 e. The summed E-state index contributed by atoms with van der Waals surface area (Å²) in [5.74, 6) is -0.823. The number of ether oxygens (including phenoxy) is 2. The molecule has 1 heterocycles. The van der Waals surface area contributed by atoms with Gasteiger partial charge in [-0.25, -0.2) is 18.4 Å². The van der Waals surface area contributed by atoms with Gasteiger partial charge in [0.25, 0.3) is 0 Å². The fourth-order valence-electron chi connectivity index (χ4n) is 1.49. The highest BCUT2D eigenvalue weighted by Crippen LogP contribution is 2.18. The Balaban J connectivity index is 2.89. The van der Waals surface area contributed by atoms with Gasteiger partial charge in [0.1, 0.15) is 4.90 Å². The number of carbonyl (C=O) groups excluding carboxylic acids is 1. The van der Waals surface area contributed by atoms with E-state index in [0.29, 0.717) is 19.4 Å². The Morgan fingerprint density at radius 2 is 2.11 bits per heavy atom. The van der Waals surface area contributed by atoms with E-state index in [4.69, 9.17) is 14.6 Å². The lowest BCUT2D eigenvalue weighted by Gasteiger charge is -2.04. The number of hydrogen-bond acceptors (Lipinski definition) is 6. The van der Waals surface area contributed by atoms with Crippen molar-refractivity contribution in [3.63, 3.8) is 0 Å². The summed E-state index contributed by atoms with van der Waals surface area (Å²) in [7, 11) is -2.50. The number of sulfonamides is 1. The Kier molecular flexibility index (Phi) is 5.45. The Bertz CT molecular complexity index is 537. The van der Waals surface area contributed by atoms with Crippen molar-refractivity contribution in [3.8, 4) is 0 Å². The lowest BCUT2D eigenvalue weighted by Crippen LogP contribution is -2.18. The number of aryl methyl sites for hydroxylation is 1. The number of aromatic nitrogens is 2. The van der Waals surface area contributed by atoms with E-state index >= 15 is 0 Å². The van der Waals surface area contributed by atoms with Crippen molar-refractivity contribution >= 4 is 16.0 Å². The highest BCUT2D eigenvalue weighted by Gasteiger charge is 2.27. The van der Waals surface area contributed by atoms with Crippen LogP contribution in [-0.2, 0) is 25.9 Å². The number of esters is 1. The first-order chi connectivity index (χ1) is 8.91. The van der Waals surface area contributed by atoms with Crippen molar-refractivity contribution in [2.75, 3.05) is 20.3 Å². The largest absolute Gasteiger partial charge is 0.461 e. The van der Waals surface area contributed by atoms with Gasteiger partial charge in [-0.2, -0.15) is 5.10 Å². The van der Waals surface area contributed by atoms with E-state index in [1.807, 2.05) is 0 Å². The average molecular weight is 291 g/mol. The van der Waals surface area contributed by atoms with Gasteiger partial charge in [-0.3, -0.25) is 5.10 Å². The molecule has 0 aliphatic carbocycles. The maximum atomic E-state index is 11.7. The SMILES string of the molecule is CCc1[nH]nc(C(=O)OCCCOC)c1S(N)(=O)=O. The van der Waals surface area contributed by atoms with Gasteiger partial charge in [-0.05, 0) is 6.42 Å². The first-order valence-electron chi connectivity index (χ1n) is 5.67. The second kappa shape index (κ2) is 6.64. The molecule has 0 atom stereocenters. The van der Waals surface area contributed by atoms with Crippen molar-refractivity contribution in [2.45, 2.75) is 24.7 Å². The number of rotatable bonds is 7. The third kappa shape index (κ3) is 4.01. The molecular weight excluding hydrogens is 274 g/mol. The Morgan fingerprint density at radius 1 is 1.42 bits per heavy atom. The van der Waals surface area contributed by atoms with Gasteiger partial charge in [0.05, 0.1) is 12.3 Å². The maximum absolute atomic E-state index is 11.7. The molecule has 0 unspecified atom stereocenters. The predicted molar refractivity (Wildman–Crippen MR) is 66.1 cm³/mol. The van der Waals surface area contributed by atoms with Crippen molar-refractivity contribution in [3.05, 3.63) is 11.4 Å². The van der Waals surface area contributed by atoms with E-state index in [0.717, 1.165) is 0 Å². The van der Waals surface area contributed by atoms with Crippen LogP contribution in [0, 0.1) is 0 Å². The van der Waals surface area contributed by atoms with Crippen LogP contribution in [0.5, 0.6) is 0 Å². The molecule has 19 heavy (non-hydrogen) atoms. The van der Waals surface area contributed by atoms with Gasteiger partial charge in [0.15, 0.2) is 5.69 Å². The molecule has 9 heteroatoms. The summed E-state index contributed by atoms with van der Waals surface area (Å²) in [5.41, 5.74) is -0.0249. The van der Waals surface area contributed by atoms with Crippen molar-refractivity contribution in [1.82, 2.24) is 10.2 Å². The van der Waals surface area contributed by atoms with Crippen LogP contribution in [0.25, 0.3) is 0 Å². The molecule has 0 aromatic carbocycles. The Labute approximate surface area is 111 Å². The molecule has 0 saturated heterocycles. The summed E-state index contributed by atoms with van der Waals surface area (Å²) in [6, 6.07) is 0. The molecule has 0 radical (unpaired) electrons. The number of nitrogens with zero attached hydrogens (tertiary/aromatic N) is 1. The summed E-state index contributed by atoms with van der Waals surface area (Å²) in [4.78, 5) is 11.4. The van der Waals surface area contributed by atoms with E-state index in [1.54, 1.807) is 6.92 Å². The molecule has 1 aromatic rings. The van der Waals surface area contributed by atoms with E-state index in [2.05, 4.69) is 10.2 Å². The zero-order valence-electron chi connectivity index (χ0n) is 10.8. The van der Waals surface area contributed by atoms with Crippen LogP contribution >= 0.6 is 0 Å². The molecule has 0 aliphatic rings. The van der Waals surface area contributed by atoms with Crippen molar-refractivity contribution in [1.29, 1.82) is 0 Å². The highest BCUT2D eigenvalue weighted by molar-refractivity contribution is 7.89. The monoisotopic (exact) mass is 291 g/mol. The number of methoxy groups -OCH3 is 1. The number of nitrogens with two attached hydrogens (primary N) is 1. The molecule has 0 saturated carbocycles. The van der Waals surface area contributed by atoms with Gasteiger partial charge in [0, 0.05) is 20.1 Å². The highest BCUT2D eigenvalue weighted by atomic mass is 32.2. The fourth-order valence-corrected chi connectivity index (χ4v) is 2.42. The number of primary sulfonamides is 1. The molecular formula is C10H17N3O5S. The number of hydrogen-bond donors (Lipinski definition) is 2.